The minimum Gasteiger partial charge on any atom is -0.379 e. The summed E-state index contributed by atoms with van der Waals surface area (Å²) in [5.74, 6) is -1.11. The van der Waals surface area contributed by atoms with Crippen LogP contribution >= 0.6 is 0 Å². The van der Waals surface area contributed by atoms with Crippen LogP contribution in [0.3, 0.4) is 0 Å². The molecule has 1 saturated heterocycles. The van der Waals surface area contributed by atoms with Crippen LogP contribution in [-0.4, -0.2) is 39.7 Å². The molecule has 182 valence electrons. The van der Waals surface area contributed by atoms with Gasteiger partial charge in [0.25, 0.3) is 5.91 Å². The van der Waals surface area contributed by atoms with Crippen LogP contribution in [0.2, 0.25) is 0 Å². The van der Waals surface area contributed by atoms with Crippen molar-refractivity contribution in [2.24, 2.45) is 7.05 Å². The molecule has 2 aliphatic rings. The zero-order valence-corrected chi connectivity index (χ0v) is 18.8. The number of nitrogens with zero attached hydrogens (tertiary/aromatic N) is 4. The molecule has 2 aromatic carbocycles. The molecule has 0 aliphatic carbocycles. The lowest BCUT2D eigenvalue weighted by Crippen LogP contribution is -2.50. The Labute approximate surface area is 197 Å². The first-order valence-corrected chi connectivity index (χ1v) is 10.8. The number of benzene rings is 2. The van der Waals surface area contributed by atoms with Crippen molar-refractivity contribution in [3.05, 3.63) is 76.4 Å². The molecule has 3 aromatic rings. The molecule has 1 aromatic heterocycles. The Hall–Kier alpha value is -3.60. The summed E-state index contributed by atoms with van der Waals surface area (Å²) < 4.78 is 63.8. The minimum absolute atomic E-state index is 0.0683. The van der Waals surface area contributed by atoms with Crippen molar-refractivity contribution in [3.63, 3.8) is 0 Å². The third-order valence-electron chi connectivity index (χ3n) is 6.66. The van der Waals surface area contributed by atoms with Crippen LogP contribution in [0.4, 0.5) is 23.2 Å². The molecule has 0 N–H and O–H groups in total. The molecule has 0 radical (unpaired) electrons. The second-order valence-electron chi connectivity index (χ2n) is 8.86. The normalized spacial score (nSPS) is 17.8. The van der Waals surface area contributed by atoms with Gasteiger partial charge in [0.05, 0.1) is 30.7 Å². The van der Waals surface area contributed by atoms with Crippen molar-refractivity contribution in [1.29, 1.82) is 0 Å². The van der Waals surface area contributed by atoms with Gasteiger partial charge in [-0.25, -0.2) is 4.39 Å². The maximum atomic E-state index is 15.7. The second kappa shape index (κ2) is 7.98. The van der Waals surface area contributed by atoms with Crippen LogP contribution in [0.5, 0.6) is 0 Å². The number of rotatable bonds is 5. The van der Waals surface area contributed by atoms with Gasteiger partial charge in [-0.2, -0.15) is 13.2 Å². The molecule has 35 heavy (non-hydrogen) atoms. The van der Waals surface area contributed by atoms with Crippen LogP contribution in [0.1, 0.15) is 56.3 Å². The molecule has 0 bridgehead atoms. The Balaban J connectivity index is 1.54. The summed E-state index contributed by atoms with van der Waals surface area (Å²) in [6, 6.07) is 8.47. The number of ketones is 1. The van der Waals surface area contributed by atoms with E-state index in [1.807, 2.05) is 0 Å². The molecule has 2 aliphatic heterocycles. The third-order valence-corrected chi connectivity index (χ3v) is 6.66. The number of aryl methyl sites for hydroxylation is 1. The smallest absolute Gasteiger partial charge is 0.379 e. The zero-order chi connectivity index (χ0) is 25.1. The van der Waals surface area contributed by atoms with Crippen LogP contribution in [-0.2, 0) is 29.9 Å². The fraction of sp³-hybridized carbons (Fsp3) is 0.333. The van der Waals surface area contributed by atoms with Gasteiger partial charge in [0.2, 0.25) is 0 Å². The van der Waals surface area contributed by atoms with Gasteiger partial charge in [0.1, 0.15) is 6.33 Å². The summed E-state index contributed by atoms with van der Waals surface area (Å²) in [5, 5.41) is 7.60. The highest BCUT2D eigenvalue weighted by Crippen LogP contribution is 2.46. The first kappa shape index (κ1) is 23.2. The second-order valence-corrected chi connectivity index (χ2v) is 8.86. The van der Waals surface area contributed by atoms with Gasteiger partial charge >= 0.3 is 6.18 Å². The van der Waals surface area contributed by atoms with Crippen molar-refractivity contribution in [2.75, 3.05) is 18.1 Å². The van der Waals surface area contributed by atoms with E-state index in [0.717, 1.165) is 13.0 Å². The van der Waals surface area contributed by atoms with Crippen LogP contribution < -0.4 is 4.90 Å². The predicted octanol–water partition coefficient (Wildman–Crippen LogP) is 4.18. The first-order valence-electron chi connectivity index (χ1n) is 10.8. The Bertz CT molecular complexity index is 1350. The molecule has 1 atom stereocenters. The SMILES string of the molecule is CC(=O)c1cc2c(c(C(F)(F)F)c1)CN(c1cccc(C3(C(F)c4nncn4C)COC3)c1)C2=O. The van der Waals surface area contributed by atoms with E-state index in [-0.39, 0.29) is 42.3 Å². The summed E-state index contributed by atoms with van der Waals surface area (Å²) in [7, 11) is 1.62. The van der Waals surface area contributed by atoms with Gasteiger partial charge in [-0.1, -0.05) is 12.1 Å². The van der Waals surface area contributed by atoms with E-state index in [1.165, 1.54) is 21.9 Å². The highest BCUT2D eigenvalue weighted by molar-refractivity contribution is 6.11. The summed E-state index contributed by atoms with van der Waals surface area (Å²) in [5.41, 5.74) is -1.79. The number of amides is 1. The summed E-state index contributed by atoms with van der Waals surface area (Å²) in [6.07, 6.45) is -4.90. The number of aromatic nitrogens is 3. The number of halogens is 4. The molecule has 1 fully saturated rings. The fourth-order valence-electron chi connectivity index (χ4n) is 4.61. The highest BCUT2D eigenvalue weighted by Gasteiger charge is 2.51. The first-order chi connectivity index (χ1) is 16.5. The maximum absolute atomic E-state index is 15.7. The average Bonchev–Trinajstić information content (AvgIpc) is 3.35. The standard InChI is InChI=1S/C24H20F4N4O3/c1-13(33)14-6-17-18(19(7-14)24(26,27)28)9-32(22(17)34)16-5-3-4-15(8-16)23(10-35-11-23)20(25)21-30-29-12-31(21)2/h3-8,12,20H,9-11H2,1-2H3. The summed E-state index contributed by atoms with van der Waals surface area (Å²) >= 11 is 0. The lowest BCUT2D eigenvalue weighted by atomic mass is 9.74. The lowest BCUT2D eigenvalue weighted by molar-refractivity contribution is -0.138. The number of carbonyl (C=O) groups excluding carboxylic acids is 2. The number of hydrogen-bond donors (Lipinski definition) is 0. The number of alkyl halides is 4. The Morgan fingerprint density at radius 2 is 1.94 bits per heavy atom. The largest absolute Gasteiger partial charge is 0.416 e. The summed E-state index contributed by atoms with van der Waals surface area (Å²) in [6.45, 7) is 0.960. The number of Topliss-reactive ketones (excluding diaryl/α,β-unsaturated/α-hetero) is 1. The van der Waals surface area contributed by atoms with E-state index in [0.29, 0.717) is 11.3 Å². The van der Waals surface area contributed by atoms with Crippen LogP contribution in [0.25, 0.3) is 0 Å². The summed E-state index contributed by atoms with van der Waals surface area (Å²) in [4.78, 5) is 26.2. The molecular weight excluding hydrogens is 468 g/mol. The van der Waals surface area contributed by atoms with Gasteiger partial charge in [0, 0.05) is 23.9 Å². The van der Waals surface area contributed by atoms with Crippen molar-refractivity contribution >= 4 is 17.4 Å². The predicted molar refractivity (Wildman–Crippen MR) is 116 cm³/mol. The Morgan fingerprint density at radius 1 is 1.20 bits per heavy atom. The minimum atomic E-state index is -4.74. The number of carbonyl (C=O) groups is 2. The van der Waals surface area contributed by atoms with E-state index >= 15 is 4.39 Å². The Morgan fingerprint density at radius 3 is 2.51 bits per heavy atom. The highest BCUT2D eigenvalue weighted by atomic mass is 19.4. The number of fused-ring (bicyclic) bond motifs is 1. The van der Waals surface area contributed by atoms with E-state index in [1.54, 1.807) is 31.3 Å². The molecule has 7 nitrogen and oxygen atoms in total. The third kappa shape index (κ3) is 3.61. The van der Waals surface area contributed by atoms with Gasteiger partial charge < -0.3 is 14.2 Å². The lowest BCUT2D eigenvalue weighted by Gasteiger charge is -2.43. The zero-order valence-electron chi connectivity index (χ0n) is 18.8. The molecule has 11 heteroatoms. The van der Waals surface area contributed by atoms with Gasteiger partial charge in [0.15, 0.2) is 17.8 Å². The van der Waals surface area contributed by atoms with Gasteiger partial charge in [-0.3, -0.25) is 9.59 Å². The molecule has 0 spiro atoms. The monoisotopic (exact) mass is 488 g/mol. The van der Waals surface area contributed by atoms with Crippen molar-refractivity contribution in [3.8, 4) is 0 Å². The quantitative estimate of drug-likeness (QED) is 0.398. The van der Waals surface area contributed by atoms with Gasteiger partial charge in [-0.05, 0) is 42.3 Å². The van der Waals surface area contributed by atoms with E-state index in [4.69, 9.17) is 4.74 Å². The maximum Gasteiger partial charge on any atom is 0.416 e. The molecule has 1 amide bonds. The molecule has 5 rings (SSSR count). The van der Waals surface area contributed by atoms with Gasteiger partial charge in [-0.15, -0.1) is 10.2 Å². The fourth-order valence-corrected chi connectivity index (χ4v) is 4.61. The van der Waals surface area contributed by atoms with E-state index in [2.05, 4.69) is 10.2 Å². The van der Waals surface area contributed by atoms with Crippen molar-refractivity contribution in [1.82, 2.24) is 14.8 Å². The average molecular weight is 488 g/mol. The van der Waals surface area contributed by atoms with Crippen LogP contribution in [0.15, 0.2) is 42.7 Å². The molecule has 0 saturated carbocycles. The topological polar surface area (TPSA) is 77.3 Å². The number of ether oxygens (including phenoxy) is 1. The molecule has 3 heterocycles. The van der Waals surface area contributed by atoms with Crippen molar-refractivity contribution < 1.29 is 31.9 Å². The Kier molecular flexibility index (Phi) is 5.28. The molecular formula is C24H20F4N4O3. The van der Waals surface area contributed by atoms with Crippen LogP contribution in [0, 0.1) is 0 Å². The van der Waals surface area contributed by atoms with E-state index < -0.39 is 35.0 Å². The van der Waals surface area contributed by atoms with Crippen molar-refractivity contribution in [2.45, 2.75) is 31.2 Å². The molecule has 1 unspecified atom stereocenters. The number of hydrogen-bond acceptors (Lipinski definition) is 5. The number of anilines is 1. The van der Waals surface area contributed by atoms with E-state index in [9.17, 15) is 22.8 Å².